The summed E-state index contributed by atoms with van der Waals surface area (Å²) in [5, 5.41) is 11.5. The molecule has 1 heterocycles. The summed E-state index contributed by atoms with van der Waals surface area (Å²) >= 11 is 0. The number of hydrogen-bond acceptors (Lipinski definition) is 2. The summed E-state index contributed by atoms with van der Waals surface area (Å²) in [5.74, 6) is -0.873. The van der Waals surface area contributed by atoms with Gasteiger partial charge in [0.15, 0.2) is 0 Å². The van der Waals surface area contributed by atoms with Crippen LogP contribution < -0.4 is 5.32 Å². The molecule has 0 unspecified atom stereocenters. The first-order chi connectivity index (χ1) is 5.02. The van der Waals surface area contributed by atoms with Gasteiger partial charge < -0.3 is 10.4 Å². The predicted molar refractivity (Wildman–Crippen MR) is 42.1 cm³/mol. The molecule has 1 aliphatic heterocycles. The minimum atomic E-state index is -0.873. The fourth-order valence-corrected chi connectivity index (χ4v) is 1.25. The number of allylic oxidation sites excluding steroid dienone is 1. The molecule has 2 N–H and O–H groups in total. The van der Waals surface area contributed by atoms with Crippen LogP contribution in [-0.2, 0) is 4.79 Å². The van der Waals surface area contributed by atoms with Crippen LogP contribution in [0.15, 0.2) is 11.8 Å². The Morgan fingerprint density at radius 1 is 1.73 bits per heavy atom. The van der Waals surface area contributed by atoms with Gasteiger partial charge in [-0.3, -0.25) is 0 Å². The zero-order valence-electron chi connectivity index (χ0n) is 6.85. The van der Waals surface area contributed by atoms with Crippen molar-refractivity contribution in [3.8, 4) is 0 Å². The third-order valence-corrected chi connectivity index (χ3v) is 2.06. The molecule has 0 spiro atoms. The van der Waals surface area contributed by atoms with Crippen LogP contribution >= 0.6 is 0 Å². The average Bonchev–Trinajstić information content (AvgIpc) is 2.10. The van der Waals surface area contributed by atoms with Crippen molar-refractivity contribution in [3.63, 3.8) is 0 Å². The summed E-state index contributed by atoms with van der Waals surface area (Å²) in [6, 6.07) is 0. The largest absolute Gasteiger partial charge is 0.478 e. The Hall–Kier alpha value is -0.990. The molecular weight excluding hydrogens is 142 g/mol. The highest BCUT2D eigenvalue weighted by atomic mass is 16.4. The minimum absolute atomic E-state index is 0.0123. The molecule has 0 radical (unpaired) electrons. The van der Waals surface area contributed by atoms with Crippen LogP contribution in [0.25, 0.3) is 0 Å². The number of aliphatic carboxylic acids is 1. The summed E-state index contributed by atoms with van der Waals surface area (Å²) in [6.07, 6.45) is 2.26. The molecule has 0 bridgehead atoms. The van der Waals surface area contributed by atoms with Crippen LogP contribution in [-0.4, -0.2) is 17.6 Å². The molecule has 0 aliphatic carbocycles. The zero-order chi connectivity index (χ0) is 8.48. The van der Waals surface area contributed by atoms with E-state index in [0.717, 1.165) is 18.7 Å². The SMILES string of the molecule is CC1(C)CCN/C1=C\C(=O)O. The second-order valence-corrected chi connectivity index (χ2v) is 3.46. The van der Waals surface area contributed by atoms with E-state index in [0.29, 0.717) is 0 Å². The summed E-state index contributed by atoms with van der Waals surface area (Å²) in [4.78, 5) is 10.3. The fraction of sp³-hybridized carbons (Fsp3) is 0.625. The maximum atomic E-state index is 10.3. The minimum Gasteiger partial charge on any atom is -0.478 e. The highest BCUT2D eigenvalue weighted by molar-refractivity contribution is 5.80. The Kier molecular flexibility index (Phi) is 1.89. The average molecular weight is 155 g/mol. The van der Waals surface area contributed by atoms with Gasteiger partial charge in [0.25, 0.3) is 0 Å². The third kappa shape index (κ3) is 1.73. The third-order valence-electron chi connectivity index (χ3n) is 2.06. The number of carboxylic acid groups (broad SMARTS) is 1. The van der Waals surface area contributed by atoms with Gasteiger partial charge in [0.2, 0.25) is 0 Å². The summed E-state index contributed by atoms with van der Waals surface area (Å²) < 4.78 is 0. The van der Waals surface area contributed by atoms with Gasteiger partial charge in [-0.15, -0.1) is 0 Å². The lowest BCUT2D eigenvalue weighted by Crippen LogP contribution is -2.15. The van der Waals surface area contributed by atoms with Crippen molar-refractivity contribution in [2.24, 2.45) is 5.41 Å². The zero-order valence-corrected chi connectivity index (χ0v) is 6.85. The quantitative estimate of drug-likeness (QED) is 0.555. The van der Waals surface area contributed by atoms with Gasteiger partial charge in [0.1, 0.15) is 0 Å². The molecule has 0 amide bonds. The molecule has 1 aliphatic rings. The predicted octanol–water partition coefficient (Wildman–Crippen LogP) is 0.974. The van der Waals surface area contributed by atoms with Crippen LogP contribution in [0.3, 0.4) is 0 Å². The van der Waals surface area contributed by atoms with Crippen molar-refractivity contribution < 1.29 is 9.90 Å². The maximum absolute atomic E-state index is 10.3. The Morgan fingerprint density at radius 2 is 2.36 bits per heavy atom. The highest BCUT2D eigenvalue weighted by Crippen LogP contribution is 2.32. The molecule has 1 rings (SSSR count). The summed E-state index contributed by atoms with van der Waals surface area (Å²) in [6.45, 7) is 4.97. The van der Waals surface area contributed by atoms with Gasteiger partial charge in [-0.25, -0.2) is 4.79 Å². The van der Waals surface area contributed by atoms with Crippen molar-refractivity contribution in [1.29, 1.82) is 0 Å². The molecule has 0 aromatic heterocycles. The van der Waals surface area contributed by atoms with Crippen molar-refractivity contribution in [2.75, 3.05) is 6.54 Å². The molecule has 0 saturated carbocycles. The van der Waals surface area contributed by atoms with Crippen molar-refractivity contribution in [1.82, 2.24) is 5.32 Å². The number of nitrogens with one attached hydrogen (secondary N) is 1. The normalized spacial score (nSPS) is 25.1. The maximum Gasteiger partial charge on any atom is 0.330 e. The van der Waals surface area contributed by atoms with E-state index in [9.17, 15) is 4.79 Å². The molecule has 11 heavy (non-hydrogen) atoms. The van der Waals surface area contributed by atoms with Gasteiger partial charge in [-0.1, -0.05) is 13.8 Å². The molecule has 0 aromatic rings. The van der Waals surface area contributed by atoms with Gasteiger partial charge in [-0.2, -0.15) is 0 Å². The monoisotopic (exact) mass is 155 g/mol. The number of hydrogen-bond donors (Lipinski definition) is 2. The molecule has 62 valence electrons. The summed E-state index contributed by atoms with van der Waals surface area (Å²) in [5.41, 5.74) is 0.850. The number of rotatable bonds is 1. The van der Waals surface area contributed by atoms with Crippen LogP contribution in [0, 0.1) is 5.41 Å². The summed E-state index contributed by atoms with van der Waals surface area (Å²) in [7, 11) is 0. The second kappa shape index (κ2) is 2.57. The van der Waals surface area contributed by atoms with E-state index in [4.69, 9.17) is 5.11 Å². The Labute approximate surface area is 66.1 Å². The first kappa shape index (κ1) is 8.11. The van der Waals surface area contributed by atoms with Crippen LogP contribution in [0.1, 0.15) is 20.3 Å². The first-order valence-corrected chi connectivity index (χ1v) is 3.71. The first-order valence-electron chi connectivity index (χ1n) is 3.71. The van der Waals surface area contributed by atoms with Crippen molar-refractivity contribution in [3.05, 3.63) is 11.8 Å². The van der Waals surface area contributed by atoms with Gasteiger partial charge in [0, 0.05) is 23.7 Å². The van der Waals surface area contributed by atoms with E-state index in [1.807, 2.05) is 13.8 Å². The van der Waals surface area contributed by atoms with Gasteiger partial charge in [0.05, 0.1) is 0 Å². The van der Waals surface area contributed by atoms with E-state index in [1.165, 1.54) is 6.08 Å². The molecule has 3 heteroatoms. The Morgan fingerprint density at radius 3 is 2.73 bits per heavy atom. The van der Waals surface area contributed by atoms with E-state index in [2.05, 4.69) is 5.32 Å². The fourth-order valence-electron chi connectivity index (χ4n) is 1.25. The Balaban J connectivity index is 2.80. The standard InChI is InChI=1S/C8H13NO2/c1-8(2)3-4-9-6(8)5-7(10)11/h5,9H,3-4H2,1-2H3,(H,10,11)/b6-5-. The van der Waals surface area contributed by atoms with E-state index in [1.54, 1.807) is 0 Å². The Bertz CT molecular complexity index is 206. The molecule has 1 fully saturated rings. The van der Waals surface area contributed by atoms with Gasteiger partial charge in [-0.05, 0) is 6.42 Å². The molecule has 0 atom stereocenters. The topological polar surface area (TPSA) is 49.3 Å². The van der Waals surface area contributed by atoms with Crippen LogP contribution in [0.4, 0.5) is 0 Å². The molecular formula is C8H13NO2. The number of carbonyl (C=O) groups is 1. The smallest absolute Gasteiger partial charge is 0.330 e. The highest BCUT2D eigenvalue weighted by Gasteiger charge is 2.28. The van der Waals surface area contributed by atoms with E-state index < -0.39 is 5.97 Å². The number of carboxylic acids is 1. The molecule has 0 aromatic carbocycles. The van der Waals surface area contributed by atoms with Crippen LogP contribution in [0.5, 0.6) is 0 Å². The van der Waals surface area contributed by atoms with Crippen molar-refractivity contribution >= 4 is 5.97 Å². The lowest BCUT2D eigenvalue weighted by molar-refractivity contribution is -0.131. The van der Waals surface area contributed by atoms with E-state index >= 15 is 0 Å². The van der Waals surface area contributed by atoms with Crippen LogP contribution in [0.2, 0.25) is 0 Å². The van der Waals surface area contributed by atoms with Crippen molar-refractivity contribution in [2.45, 2.75) is 20.3 Å². The lowest BCUT2D eigenvalue weighted by atomic mass is 9.89. The lowest BCUT2D eigenvalue weighted by Gasteiger charge is -2.17. The van der Waals surface area contributed by atoms with Gasteiger partial charge >= 0.3 is 5.97 Å². The molecule has 1 saturated heterocycles. The molecule has 3 nitrogen and oxygen atoms in total. The van der Waals surface area contributed by atoms with E-state index in [-0.39, 0.29) is 5.41 Å². The second-order valence-electron chi connectivity index (χ2n) is 3.46.